The highest BCUT2D eigenvalue weighted by Gasteiger charge is 2.21. The van der Waals surface area contributed by atoms with Gasteiger partial charge in [-0.05, 0) is 49.9 Å². The summed E-state index contributed by atoms with van der Waals surface area (Å²) in [5.74, 6) is -0.0249. The van der Waals surface area contributed by atoms with Gasteiger partial charge in [-0.1, -0.05) is 30.3 Å². The molecular weight excluding hydrogens is 398 g/mol. The van der Waals surface area contributed by atoms with Gasteiger partial charge in [0, 0.05) is 24.5 Å². The van der Waals surface area contributed by atoms with Gasteiger partial charge in [-0.3, -0.25) is 4.79 Å². The molecule has 0 saturated carbocycles. The van der Waals surface area contributed by atoms with Crippen LogP contribution in [0.15, 0.2) is 28.8 Å². The molecule has 1 N–H and O–H groups in total. The molecule has 30 heavy (non-hydrogen) atoms. The second-order valence-corrected chi connectivity index (χ2v) is 9.03. The van der Waals surface area contributed by atoms with Gasteiger partial charge in [-0.25, -0.2) is 9.97 Å². The summed E-state index contributed by atoms with van der Waals surface area (Å²) < 4.78 is 6.41. The molecule has 0 radical (unpaired) electrons. The Kier molecular flexibility index (Phi) is 4.66. The molecule has 1 aromatic carbocycles. The predicted molar refractivity (Wildman–Crippen MR) is 120 cm³/mol. The molecular formula is C22H23N5O2S. The second kappa shape index (κ2) is 7.36. The van der Waals surface area contributed by atoms with Crippen LogP contribution in [0.2, 0.25) is 0 Å². The minimum Gasteiger partial charge on any atom is -0.348 e. The Balaban J connectivity index is 1.47. The molecule has 0 aliphatic carbocycles. The third-order valence-corrected chi connectivity index (χ3v) is 6.56. The number of anilines is 2. The fourth-order valence-electron chi connectivity index (χ4n) is 3.82. The topological polar surface area (TPSA) is 84.1 Å². The van der Waals surface area contributed by atoms with Crippen LogP contribution in [0.5, 0.6) is 0 Å². The summed E-state index contributed by atoms with van der Waals surface area (Å²) in [6.07, 6.45) is 2.44. The average molecular weight is 422 g/mol. The Hall–Kier alpha value is -3.00. The molecule has 154 valence electrons. The number of amides is 1. The van der Waals surface area contributed by atoms with E-state index < -0.39 is 0 Å². The number of aromatic nitrogens is 3. The lowest BCUT2D eigenvalue weighted by atomic mass is 10.0. The van der Waals surface area contributed by atoms with E-state index >= 15 is 0 Å². The summed E-state index contributed by atoms with van der Waals surface area (Å²) in [4.78, 5) is 24.8. The first-order valence-corrected chi connectivity index (χ1v) is 11.0. The van der Waals surface area contributed by atoms with Crippen LogP contribution < -0.4 is 10.2 Å². The minimum absolute atomic E-state index is 0.170. The van der Waals surface area contributed by atoms with Crippen LogP contribution in [0.1, 0.15) is 54.4 Å². The average Bonchev–Trinajstić information content (AvgIpc) is 3.46. The summed E-state index contributed by atoms with van der Waals surface area (Å²) in [5, 5.41) is 8.75. The van der Waals surface area contributed by atoms with Gasteiger partial charge in [-0.2, -0.15) is 0 Å². The smallest absolute Gasteiger partial charge is 0.259 e. The maximum Gasteiger partial charge on any atom is 0.259 e. The Morgan fingerprint density at radius 3 is 2.77 bits per heavy atom. The molecule has 1 aliphatic heterocycles. The van der Waals surface area contributed by atoms with Gasteiger partial charge in [0.15, 0.2) is 5.13 Å². The summed E-state index contributed by atoms with van der Waals surface area (Å²) in [6, 6.07) is 7.69. The fourth-order valence-corrected chi connectivity index (χ4v) is 4.88. The van der Waals surface area contributed by atoms with E-state index in [0.717, 1.165) is 39.8 Å². The van der Waals surface area contributed by atoms with E-state index in [-0.39, 0.29) is 11.8 Å². The molecule has 8 heteroatoms. The molecule has 0 atom stereocenters. The van der Waals surface area contributed by atoms with E-state index in [0.29, 0.717) is 22.4 Å². The molecule has 4 heterocycles. The van der Waals surface area contributed by atoms with Crippen LogP contribution in [0.4, 0.5) is 10.8 Å². The number of aryl methyl sites for hydroxylation is 1. The monoisotopic (exact) mass is 421 g/mol. The maximum absolute atomic E-state index is 13.2. The van der Waals surface area contributed by atoms with Gasteiger partial charge < -0.3 is 14.7 Å². The normalized spacial score (nSPS) is 14.3. The van der Waals surface area contributed by atoms with E-state index in [1.165, 1.54) is 12.8 Å². The number of fused-ring (bicyclic) bond motifs is 2. The third-order valence-electron chi connectivity index (χ3n) is 5.48. The molecule has 1 aliphatic rings. The van der Waals surface area contributed by atoms with Crippen LogP contribution in [0, 0.1) is 6.92 Å². The Labute approximate surface area is 178 Å². The minimum atomic E-state index is -0.195. The van der Waals surface area contributed by atoms with Gasteiger partial charge in [0.2, 0.25) is 0 Å². The Morgan fingerprint density at radius 2 is 2.00 bits per heavy atom. The summed E-state index contributed by atoms with van der Waals surface area (Å²) in [5.41, 5.74) is 4.10. The van der Waals surface area contributed by atoms with E-state index in [9.17, 15) is 4.79 Å². The number of carbonyl (C=O) groups is 1. The number of thiazole rings is 1. The molecule has 0 unspecified atom stereocenters. The van der Waals surface area contributed by atoms with Crippen molar-refractivity contribution in [3.8, 4) is 0 Å². The van der Waals surface area contributed by atoms with Crippen LogP contribution in [0.25, 0.3) is 21.3 Å². The number of nitrogens with zero attached hydrogens (tertiary/aromatic N) is 4. The molecule has 5 rings (SSSR count). The van der Waals surface area contributed by atoms with E-state index in [2.05, 4.69) is 20.4 Å². The largest absolute Gasteiger partial charge is 0.348 e. The van der Waals surface area contributed by atoms with E-state index in [1.54, 1.807) is 11.3 Å². The Bertz CT molecular complexity index is 1250. The molecule has 0 bridgehead atoms. The van der Waals surface area contributed by atoms with Crippen molar-refractivity contribution in [2.45, 2.75) is 39.5 Å². The Morgan fingerprint density at radius 1 is 1.20 bits per heavy atom. The highest BCUT2D eigenvalue weighted by molar-refractivity contribution is 7.22. The molecule has 1 fully saturated rings. The standard InChI is InChI=1S/C22H23N5O2S/c1-12(2)17-11-15(19-13(3)26-29-21(19)24-17)20(28)23-14-6-7-16-18(10-14)30-22(25-16)27-8-4-5-9-27/h6-7,10-12H,4-5,8-9H2,1-3H3,(H,23,28). The number of pyridine rings is 1. The zero-order chi connectivity index (χ0) is 20.8. The quantitative estimate of drug-likeness (QED) is 0.492. The number of benzene rings is 1. The van der Waals surface area contributed by atoms with Crippen LogP contribution in [-0.4, -0.2) is 34.1 Å². The zero-order valence-corrected chi connectivity index (χ0v) is 18.0. The second-order valence-electron chi connectivity index (χ2n) is 8.02. The maximum atomic E-state index is 13.2. The number of rotatable bonds is 4. The SMILES string of the molecule is Cc1noc2nc(C(C)C)cc(C(=O)Nc3ccc4nc(N5CCCC5)sc4c3)c12. The molecule has 0 spiro atoms. The first-order chi connectivity index (χ1) is 14.5. The molecule has 3 aromatic heterocycles. The predicted octanol–water partition coefficient (Wildman–Crippen LogP) is 5.12. The van der Waals surface area contributed by atoms with Crippen molar-refractivity contribution in [3.63, 3.8) is 0 Å². The summed E-state index contributed by atoms with van der Waals surface area (Å²) in [7, 11) is 0. The first kappa shape index (κ1) is 19.0. The van der Waals surface area contributed by atoms with Crippen molar-refractivity contribution in [1.29, 1.82) is 0 Å². The number of carbonyl (C=O) groups excluding carboxylic acids is 1. The van der Waals surface area contributed by atoms with Gasteiger partial charge >= 0.3 is 0 Å². The highest BCUT2D eigenvalue weighted by atomic mass is 32.1. The molecule has 1 amide bonds. The number of hydrogen-bond donors (Lipinski definition) is 1. The highest BCUT2D eigenvalue weighted by Crippen LogP contribution is 2.33. The molecule has 7 nitrogen and oxygen atoms in total. The lowest BCUT2D eigenvalue weighted by molar-refractivity contribution is 0.102. The zero-order valence-electron chi connectivity index (χ0n) is 17.2. The third kappa shape index (κ3) is 3.31. The van der Waals surface area contributed by atoms with Crippen molar-refractivity contribution in [1.82, 2.24) is 15.1 Å². The lowest BCUT2D eigenvalue weighted by Gasteiger charge is -2.11. The van der Waals surface area contributed by atoms with Gasteiger partial charge in [0.25, 0.3) is 11.6 Å². The number of nitrogens with one attached hydrogen (secondary N) is 1. The number of hydrogen-bond acceptors (Lipinski definition) is 7. The lowest BCUT2D eigenvalue weighted by Crippen LogP contribution is -2.16. The van der Waals surface area contributed by atoms with Crippen molar-refractivity contribution in [3.05, 3.63) is 41.2 Å². The van der Waals surface area contributed by atoms with Crippen molar-refractivity contribution in [2.75, 3.05) is 23.3 Å². The summed E-state index contributed by atoms with van der Waals surface area (Å²) in [6.45, 7) is 8.03. The van der Waals surface area contributed by atoms with Crippen molar-refractivity contribution in [2.24, 2.45) is 0 Å². The first-order valence-electron chi connectivity index (χ1n) is 10.2. The molecule has 4 aromatic rings. The van der Waals surface area contributed by atoms with Gasteiger partial charge in [0.05, 0.1) is 26.9 Å². The van der Waals surface area contributed by atoms with E-state index in [4.69, 9.17) is 9.51 Å². The fraction of sp³-hybridized carbons (Fsp3) is 0.364. The molecule has 1 saturated heterocycles. The van der Waals surface area contributed by atoms with Crippen LogP contribution >= 0.6 is 11.3 Å². The van der Waals surface area contributed by atoms with Gasteiger partial charge in [-0.15, -0.1) is 0 Å². The van der Waals surface area contributed by atoms with Crippen LogP contribution in [0.3, 0.4) is 0 Å². The summed E-state index contributed by atoms with van der Waals surface area (Å²) >= 11 is 1.67. The van der Waals surface area contributed by atoms with Crippen molar-refractivity contribution < 1.29 is 9.32 Å². The van der Waals surface area contributed by atoms with Crippen molar-refractivity contribution >= 4 is 49.4 Å². The van der Waals surface area contributed by atoms with Crippen LogP contribution in [-0.2, 0) is 0 Å². The van der Waals surface area contributed by atoms with E-state index in [1.807, 2.05) is 45.0 Å². The van der Waals surface area contributed by atoms with Gasteiger partial charge in [0.1, 0.15) is 0 Å².